The normalized spacial score (nSPS) is 25.3. The van der Waals surface area contributed by atoms with Crippen molar-refractivity contribution in [2.75, 3.05) is 17.7 Å². The van der Waals surface area contributed by atoms with Gasteiger partial charge in [0.05, 0.1) is 51.1 Å². The first-order valence-corrected chi connectivity index (χ1v) is 20.0. The van der Waals surface area contributed by atoms with Crippen LogP contribution in [0.25, 0.3) is 32.0 Å². The largest absolute Gasteiger partial charge is 0.421 e. The summed E-state index contributed by atoms with van der Waals surface area (Å²) in [6.45, 7) is 6.71. The minimum Gasteiger partial charge on any atom is -0.421 e. The Labute approximate surface area is 290 Å². The molecule has 3 aliphatic heterocycles. The number of nitrogens with one attached hydrogen (secondary N) is 1. The Morgan fingerprint density at radius 3 is 2.69 bits per heavy atom. The zero-order valence-electron chi connectivity index (χ0n) is 28.0. The highest BCUT2D eigenvalue weighted by atomic mass is 32.2. The molecular formula is C37H40N6O4S2. The Balaban J connectivity index is 1.22. The summed E-state index contributed by atoms with van der Waals surface area (Å²) in [5, 5.41) is 13.4. The van der Waals surface area contributed by atoms with Crippen molar-refractivity contribution in [3.63, 3.8) is 0 Å². The summed E-state index contributed by atoms with van der Waals surface area (Å²) in [7, 11) is -3.67. The predicted octanol–water partition coefficient (Wildman–Crippen LogP) is 7.63. The van der Waals surface area contributed by atoms with Crippen molar-refractivity contribution in [1.82, 2.24) is 25.1 Å². The van der Waals surface area contributed by atoms with Gasteiger partial charge in [-0.05, 0) is 91.8 Å². The molecule has 254 valence electrons. The molecule has 0 unspecified atom stereocenters. The first-order chi connectivity index (χ1) is 23.7. The highest BCUT2D eigenvalue weighted by Crippen LogP contribution is 2.52. The van der Waals surface area contributed by atoms with E-state index in [-0.39, 0.29) is 29.0 Å². The monoisotopic (exact) mass is 696 g/mol. The summed E-state index contributed by atoms with van der Waals surface area (Å²) in [5.41, 5.74) is 5.20. The molecule has 0 spiro atoms. The number of aromatic nitrogens is 5. The molecule has 2 saturated heterocycles. The average molecular weight is 697 g/mol. The first kappa shape index (κ1) is 31.3. The van der Waals surface area contributed by atoms with Crippen molar-refractivity contribution < 1.29 is 17.6 Å². The van der Waals surface area contributed by atoms with Crippen molar-refractivity contribution in [2.24, 2.45) is 11.3 Å². The summed E-state index contributed by atoms with van der Waals surface area (Å²) >= 11 is 1.56. The highest BCUT2D eigenvalue weighted by molar-refractivity contribution is 7.92. The van der Waals surface area contributed by atoms with E-state index in [1.807, 2.05) is 24.5 Å². The second kappa shape index (κ2) is 11.7. The molecule has 0 aromatic carbocycles. The van der Waals surface area contributed by atoms with Gasteiger partial charge < -0.3 is 14.5 Å². The lowest BCUT2D eigenvalue weighted by Gasteiger charge is -2.46. The van der Waals surface area contributed by atoms with Crippen LogP contribution in [-0.4, -0.2) is 52.0 Å². The molecule has 0 radical (unpaired) electrons. The number of rotatable bonds is 8. The van der Waals surface area contributed by atoms with E-state index >= 15 is 0 Å². The number of hydrogen-bond acceptors (Lipinski definition) is 11. The highest BCUT2D eigenvalue weighted by Gasteiger charge is 2.45. The first-order valence-electron chi connectivity index (χ1n) is 17.5. The fourth-order valence-electron chi connectivity index (χ4n) is 8.59. The van der Waals surface area contributed by atoms with Crippen molar-refractivity contribution in [3.05, 3.63) is 65.2 Å². The predicted molar refractivity (Wildman–Crippen MR) is 188 cm³/mol. The van der Waals surface area contributed by atoms with Crippen LogP contribution in [0, 0.1) is 18.3 Å². The third-order valence-electron chi connectivity index (χ3n) is 11.3. The minimum atomic E-state index is -3.67. The lowest BCUT2D eigenvalue weighted by Crippen LogP contribution is -2.42. The van der Waals surface area contributed by atoms with Crippen LogP contribution >= 0.6 is 11.3 Å². The summed E-state index contributed by atoms with van der Waals surface area (Å²) in [4.78, 5) is 15.8. The van der Waals surface area contributed by atoms with Gasteiger partial charge in [0.15, 0.2) is 9.84 Å². The molecule has 49 heavy (non-hydrogen) atoms. The van der Waals surface area contributed by atoms with Crippen LogP contribution in [0.15, 0.2) is 46.0 Å². The third-order valence-corrected chi connectivity index (χ3v) is 14.3. The van der Waals surface area contributed by atoms with E-state index < -0.39 is 9.84 Å². The Morgan fingerprint density at radius 1 is 1.08 bits per heavy atom. The molecule has 10 nitrogen and oxygen atoms in total. The van der Waals surface area contributed by atoms with E-state index in [0.717, 1.165) is 83.7 Å². The number of pyridine rings is 3. The standard InChI is InChI=1S/C37H40N6O4S2/c1-20(2)25-18-49(44,45)34-31(29-17-22-11-16-39-35(33(22)48-29)41-27-7-6-26-24(27)5-4-15-38-26)30(36-43-42-21(3)47-36)28(40-32(25)34)10-14-37-12-8-23(9-13-37)46-19-37/h4-5,11,15-17,20,23,25,27H,6-10,12-14,18-19H2,1-3H3,(H,39,41)/t23?,25-,27+,37?/m0/s1. The number of hydrogen-bond donors (Lipinski definition) is 1. The minimum absolute atomic E-state index is 0.0410. The third kappa shape index (κ3) is 5.29. The lowest BCUT2D eigenvalue weighted by atomic mass is 9.68. The number of fused-ring (bicyclic) bond motifs is 6. The quantitative estimate of drug-likeness (QED) is 0.173. The van der Waals surface area contributed by atoms with Crippen LogP contribution < -0.4 is 5.32 Å². The number of ether oxygens (including phenoxy) is 1. The molecule has 12 heteroatoms. The SMILES string of the molecule is Cc1nnc(-c2c(CCC34CCC(CC3)OC4)nc3c(c2-c2cc4ccnc(N[C@@H]5CCc6ncccc65)c4s2)S(=O)(=O)C[C@H]3C(C)C)o1. The number of anilines is 1. The number of thiophene rings is 1. The number of aryl methyl sites for hydroxylation is 3. The molecule has 2 aliphatic carbocycles. The van der Waals surface area contributed by atoms with Crippen LogP contribution in [0.1, 0.15) is 92.9 Å². The fraction of sp³-hybridized carbons (Fsp3) is 0.486. The molecule has 1 N–H and O–H groups in total. The van der Waals surface area contributed by atoms with E-state index in [4.69, 9.17) is 19.1 Å². The van der Waals surface area contributed by atoms with Gasteiger partial charge in [0, 0.05) is 41.4 Å². The van der Waals surface area contributed by atoms with Gasteiger partial charge in [-0.1, -0.05) is 19.9 Å². The van der Waals surface area contributed by atoms with Crippen molar-refractivity contribution in [2.45, 2.75) is 95.1 Å². The summed E-state index contributed by atoms with van der Waals surface area (Å²) < 4.78 is 41.8. The topological polar surface area (TPSA) is 133 Å². The molecule has 10 rings (SSSR count). The summed E-state index contributed by atoms with van der Waals surface area (Å²) in [6.07, 6.45) is 12.0. The van der Waals surface area contributed by atoms with Gasteiger partial charge in [0.2, 0.25) is 11.8 Å². The molecule has 2 atom stereocenters. The maximum Gasteiger partial charge on any atom is 0.250 e. The number of sulfone groups is 1. The van der Waals surface area contributed by atoms with E-state index in [1.54, 1.807) is 18.3 Å². The van der Waals surface area contributed by atoms with E-state index in [9.17, 15) is 8.42 Å². The molecule has 5 aromatic rings. The maximum absolute atomic E-state index is 14.2. The molecule has 5 aliphatic rings. The van der Waals surface area contributed by atoms with Gasteiger partial charge in [-0.25, -0.2) is 13.4 Å². The molecule has 5 aromatic heterocycles. The van der Waals surface area contributed by atoms with Gasteiger partial charge in [0.25, 0.3) is 0 Å². The molecule has 8 heterocycles. The van der Waals surface area contributed by atoms with E-state index in [2.05, 4.69) is 46.5 Å². The van der Waals surface area contributed by atoms with E-state index in [0.29, 0.717) is 46.0 Å². The molecule has 1 saturated carbocycles. The zero-order chi connectivity index (χ0) is 33.5. The van der Waals surface area contributed by atoms with Crippen molar-refractivity contribution >= 4 is 37.1 Å². The van der Waals surface area contributed by atoms with Crippen LogP contribution in [0.5, 0.6) is 0 Å². The van der Waals surface area contributed by atoms with Crippen molar-refractivity contribution in [3.8, 4) is 21.9 Å². The maximum atomic E-state index is 14.2. The van der Waals surface area contributed by atoms with Crippen molar-refractivity contribution in [1.29, 1.82) is 0 Å². The number of nitrogens with zero attached hydrogens (tertiary/aromatic N) is 5. The second-order valence-electron chi connectivity index (χ2n) is 14.8. The molecule has 2 bridgehead atoms. The lowest BCUT2D eigenvalue weighted by molar-refractivity contribution is -0.117. The van der Waals surface area contributed by atoms with Gasteiger partial charge in [-0.15, -0.1) is 21.5 Å². The second-order valence-corrected chi connectivity index (χ2v) is 17.8. The Kier molecular flexibility index (Phi) is 7.44. The Bertz CT molecular complexity index is 2190. The Morgan fingerprint density at radius 2 is 1.94 bits per heavy atom. The van der Waals surface area contributed by atoms with Crippen LogP contribution in [0.4, 0.5) is 5.82 Å². The molecule has 3 fully saturated rings. The van der Waals surface area contributed by atoms with Gasteiger partial charge in [0.1, 0.15) is 5.82 Å². The smallest absolute Gasteiger partial charge is 0.250 e. The molecular weight excluding hydrogens is 657 g/mol. The molecule has 0 amide bonds. The van der Waals surface area contributed by atoms with Gasteiger partial charge >= 0.3 is 0 Å². The summed E-state index contributed by atoms with van der Waals surface area (Å²) in [6, 6.07) is 8.30. The van der Waals surface area contributed by atoms with Crippen LogP contribution in [-0.2, 0) is 27.4 Å². The Hall–Kier alpha value is -3.74. The van der Waals surface area contributed by atoms with Crippen LogP contribution in [0.3, 0.4) is 0 Å². The van der Waals surface area contributed by atoms with E-state index in [1.165, 1.54) is 5.56 Å². The zero-order valence-corrected chi connectivity index (χ0v) is 29.7. The fourth-order valence-corrected chi connectivity index (χ4v) is 12.0. The summed E-state index contributed by atoms with van der Waals surface area (Å²) in [5.74, 6) is 1.46. The van der Waals surface area contributed by atoms with Crippen LogP contribution in [0.2, 0.25) is 0 Å². The van der Waals surface area contributed by atoms with Gasteiger partial charge in [-0.3, -0.25) is 9.97 Å². The van der Waals surface area contributed by atoms with Gasteiger partial charge in [-0.2, -0.15) is 0 Å². The average Bonchev–Trinajstić information content (AvgIpc) is 3.89.